The Morgan fingerprint density at radius 2 is 2.12 bits per heavy atom. The first-order valence-corrected chi connectivity index (χ1v) is 6.09. The molecule has 3 N–H and O–H groups in total. The summed E-state index contributed by atoms with van der Waals surface area (Å²) >= 11 is 0. The summed E-state index contributed by atoms with van der Waals surface area (Å²) in [6.07, 6.45) is 8.41. The molecule has 1 saturated carbocycles. The zero-order valence-corrected chi connectivity index (χ0v) is 9.54. The van der Waals surface area contributed by atoms with Crippen LogP contribution < -0.4 is 11.3 Å². The third kappa shape index (κ3) is 2.50. The molecule has 1 aromatic heterocycles. The molecule has 16 heavy (non-hydrogen) atoms. The number of aromatic nitrogens is 2. The SMILES string of the molecule is NCCc1cnc(C2CCCCC2)[nH]c1=O. The van der Waals surface area contributed by atoms with Gasteiger partial charge in [-0.15, -0.1) is 0 Å². The number of H-pyrrole nitrogens is 1. The van der Waals surface area contributed by atoms with Gasteiger partial charge < -0.3 is 10.7 Å². The van der Waals surface area contributed by atoms with Crippen LogP contribution in [0, 0.1) is 0 Å². The van der Waals surface area contributed by atoms with E-state index < -0.39 is 0 Å². The number of hydrogen-bond acceptors (Lipinski definition) is 3. The second kappa shape index (κ2) is 5.25. The van der Waals surface area contributed by atoms with Crippen molar-refractivity contribution in [2.24, 2.45) is 5.73 Å². The van der Waals surface area contributed by atoms with Gasteiger partial charge in [0.2, 0.25) is 0 Å². The minimum Gasteiger partial charge on any atom is -0.330 e. The largest absolute Gasteiger partial charge is 0.330 e. The second-order valence-corrected chi connectivity index (χ2v) is 4.50. The van der Waals surface area contributed by atoms with E-state index in [1.807, 2.05) is 0 Å². The van der Waals surface area contributed by atoms with Gasteiger partial charge in [-0.1, -0.05) is 19.3 Å². The van der Waals surface area contributed by atoms with Crippen molar-refractivity contribution in [1.29, 1.82) is 0 Å². The van der Waals surface area contributed by atoms with Crippen molar-refractivity contribution in [3.63, 3.8) is 0 Å². The molecule has 0 aliphatic heterocycles. The lowest BCUT2D eigenvalue weighted by Crippen LogP contribution is -2.21. The maximum atomic E-state index is 11.7. The molecule has 1 aromatic rings. The summed E-state index contributed by atoms with van der Waals surface area (Å²) in [6, 6.07) is 0. The first-order valence-electron chi connectivity index (χ1n) is 6.09. The lowest BCUT2D eigenvalue weighted by Gasteiger charge is -2.20. The van der Waals surface area contributed by atoms with Crippen molar-refractivity contribution in [3.05, 3.63) is 27.9 Å². The zero-order chi connectivity index (χ0) is 11.4. The van der Waals surface area contributed by atoms with Gasteiger partial charge >= 0.3 is 0 Å². The molecule has 1 heterocycles. The Labute approximate surface area is 95.3 Å². The number of nitrogens with two attached hydrogens (primary N) is 1. The highest BCUT2D eigenvalue weighted by Crippen LogP contribution is 2.29. The molecule has 4 nitrogen and oxygen atoms in total. The van der Waals surface area contributed by atoms with E-state index >= 15 is 0 Å². The molecule has 0 aromatic carbocycles. The summed E-state index contributed by atoms with van der Waals surface area (Å²) in [5, 5.41) is 0. The fourth-order valence-electron chi connectivity index (χ4n) is 2.35. The van der Waals surface area contributed by atoms with Crippen molar-refractivity contribution in [3.8, 4) is 0 Å². The fraction of sp³-hybridized carbons (Fsp3) is 0.667. The fourth-order valence-corrected chi connectivity index (χ4v) is 2.35. The summed E-state index contributed by atoms with van der Waals surface area (Å²) in [5.74, 6) is 1.32. The van der Waals surface area contributed by atoms with E-state index in [1.165, 1.54) is 19.3 Å². The molecule has 1 fully saturated rings. The van der Waals surface area contributed by atoms with Crippen LogP contribution in [0.25, 0.3) is 0 Å². The van der Waals surface area contributed by atoms with E-state index in [2.05, 4.69) is 9.97 Å². The van der Waals surface area contributed by atoms with Gasteiger partial charge in [-0.2, -0.15) is 0 Å². The van der Waals surface area contributed by atoms with E-state index in [-0.39, 0.29) is 5.56 Å². The number of hydrogen-bond donors (Lipinski definition) is 2. The third-order valence-electron chi connectivity index (χ3n) is 3.30. The highest BCUT2D eigenvalue weighted by Gasteiger charge is 2.17. The molecule has 2 rings (SSSR count). The van der Waals surface area contributed by atoms with Crippen LogP contribution in [0.3, 0.4) is 0 Å². The molecule has 0 unspecified atom stereocenters. The van der Waals surface area contributed by atoms with E-state index in [0.29, 0.717) is 24.4 Å². The summed E-state index contributed by atoms with van der Waals surface area (Å²) < 4.78 is 0. The average Bonchev–Trinajstić information content (AvgIpc) is 2.33. The molecule has 1 aliphatic rings. The molecule has 0 atom stereocenters. The minimum absolute atomic E-state index is 0.0129. The molecule has 0 bridgehead atoms. The van der Waals surface area contributed by atoms with Gasteiger partial charge in [0.05, 0.1) is 0 Å². The number of nitrogens with one attached hydrogen (secondary N) is 1. The van der Waals surface area contributed by atoms with Crippen LogP contribution in [-0.4, -0.2) is 16.5 Å². The Morgan fingerprint density at radius 1 is 1.38 bits per heavy atom. The van der Waals surface area contributed by atoms with Gasteiger partial charge in [-0.3, -0.25) is 4.79 Å². The first kappa shape index (κ1) is 11.3. The van der Waals surface area contributed by atoms with E-state index in [9.17, 15) is 4.79 Å². The van der Waals surface area contributed by atoms with Crippen molar-refractivity contribution in [2.45, 2.75) is 44.4 Å². The summed E-state index contributed by atoms with van der Waals surface area (Å²) in [7, 11) is 0. The van der Waals surface area contributed by atoms with Crippen LogP contribution in [0.5, 0.6) is 0 Å². The zero-order valence-electron chi connectivity index (χ0n) is 9.54. The number of rotatable bonds is 3. The van der Waals surface area contributed by atoms with E-state index in [0.717, 1.165) is 18.7 Å². The molecule has 0 radical (unpaired) electrons. The molecule has 88 valence electrons. The third-order valence-corrected chi connectivity index (χ3v) is 3.30. The standard InChI is InChI=1S/C12H19N3O/c13-7-6-10-8-14-11(15-12(10)16)9-4-2-1-3-5-9/h8-9H,1-7,13H2,(H,14,15,16). The average molecular weight is 221 g/mol. The van der Waals surface area contributed by atoms with E-state index in [4.69, 9.17) is 5.73 Å². The number of nitrogens with zero attached hydrogens (tertiary/aromatic N) is 1. The topological polar surface area (TPSA) is 71.8 Å². The predicted molar refractivity (Wildman–Crippen MR) is 63.4 cm³/mol. The minimum atomic E-state index is -0.0129. The first-order chi connectivity index (χ1) is 7.81. The van der Waals surface area contributed by atoms with Crippen LogP contribution in [0.15, 0.2) is 11.0 Å². The Hall–Kier alpha value is -1.16. The Morgan fingerprint density at radius 3 is 2.75 bits per heavy atom. The van der Waals surface area contributed by atoms with Crippen LogP contribution >= 0.6 is 0 Å². The Bertz CT molecular complexity index is 393. The Kier molecular flexibility index (Phi) is 3.72. The lowest BCUT2D eigenvalue weighted by atomic mass is 9.89. The van der Waals surface area contributed by atoms with Crippen molar-refractivity contribution < 1.29 is 0 Å². The predicted octanol–water partition coefficient (Wildman–Crippen LogP) is 1.32. The molecule has 1 aliphatic carbocycles. The number of aromatic amines is 1. The summed E-state index contributed by atoms with van der Waals surface area (Å²) in [6.45, 7) is 0.494. The van der Waals surface area contributed by atoms with E-state index in [1.54, 1.807) is 6.20 Å². The molecular formula is C12H19N3O. The van der Waals surface area contributed by atoms with Gasteiger partial charge in [0.15, 0.2) is 0 Å². The summed E-state index contributed by atoms with van der Waals surface area (Å²) in [5.41, 5.74) is 6.11. The summed E-state index contributed by atoms with van der Waals surface area (Å²) in [4.78, 5) is 19.0. The van der Waals surface area contributed by atoms with Gasteiger partial charge in [0, 0.05) is 17.7 Å². The quantitative estimate of drug-likeness (QED) is 0.808. The monoisotopic (exact) mass is 221 g/mol. The molecule has 4 heteroatoms. The smallest absolute Gasteiger partial charge is 0.254 e. The van der Waals surface area contributed by atoms with Crippen molar-refractivity contribution in [1.82, 2.24) is 9.97 Å². The second-order valence-electron chi connectivity index (χ2n) is 4.50. The van der Waals surface area contributed by atoms with Crippen LogP contribution in [0.4, 0.5) is 0 Å². The highest BCUT2D eigenvalue weighted by molar-refractivity contribution is 5.08. The van der Waals surface area contributed by atoms with Crippen molar-refractivity contribution >= 4 is 0 Å². The lowest BCUT2D eigenvalue weighted by molar-refractivity contribution is 0.427. The van der Waals surface area contributed by atoms with Crippen LogP contribution in [-0.2, 0) is 6.42 Å². The highest BCUT2D eigenvalue weighted by atomic mass is 16.1. The van der Waals surface area contributed by atoms with Gasteiger partial charge in [-0.25, -0.2) is 4.98 Å². The molecular weight excluding hydrogens is 202 g/mol. The normalized spacial score (nSPS) is 17.6. The molecule has 0 spiro atoms. The maximum absolute atomic E-state index is 11.7. The van der Waals surface area contributed by atoms with Gasteiger partial charge in [0.25, 0.3) is 5.56 Å². The van der Waals surface area contributed by atoms with Crippen LogP contribution in [0.2, 0.25) is 0 Å². The van der Waals surface area contributed by atoms with Crippen molar-refractivity contribution in [2.75, 3.05) is 6.54 Å². The molecule has 0 saturated heterocycles. The van der Waals surface area contributed by atoms with Gasteiger partial charge in [-0.05, 0) is 25.8 Å². The van der Waals surface area contributed by atoms with Crippen LogP contribution in [0.1, 0.15) is 49.4 Å². The van der Waals surface area contributed by atoms with Gasteiger partial charge in [0.1, 0.15) is 5.82 Å². The maximum Gasteiger partial charge on any atom is 0.254 e. The Balaban J connectivity index is 2.16. The molecule has 0 amide bonds.